The predicted molar refractivity (Wildman–Crippen MR) is 115 cm³/mol. The molecule has 4 nitrogen and oxygen atoms in total. The molecule has 0 aliphatic heterocycles. The fourth-order valence-corrected chi connectivity index (χ4v) is 2.92. The van der Waals surface area contributed by atoms with Crippen LogP contribution in [0.2, 0.25) is 5.02 Å². The van der Waals surface area contributed by atoms with Gasteiger partial charge in [0.05, 0.1) is 17.2 Å². The second-order valence-corrected chi connectivity index (χ2v) is 6.46. The molecule has 0 amide bonds. The van der Waals surface area contributed by atoms with E-state index in [0.717, 1.165) is 47.6 Å². The summed E-state index contributed by atoms with van der Waals surface area (Å²) in [7, 11) is 0. The van der Waals surface area contributed by atoms with Gasteiger partial charge < -0.3 is 10.6 Å². The molecule has 0 aliphatic carbocycles. The number of thiazole rings is 1. The van der Waals surface area contributed by atoms with Crippen LogP contribution in [0.25, 0.3) is 0 Å². The maximum atomic E-state index is 5.90. The maximum Gasteiger partial charge on any atom is 0.191 e. The minimum Gasteiger partial charge on any atom is -0.357 e. The summed E-state index contributed by atoms with van der Waals surface area (Å²) in [5, 5.41) is 10.6. The maximum absolute atomic E-state index is 5.90. The Labute approximate surface area is 170 Å². The van der Waals surface area contributed by atoms with Gasteiger partial charge in [0.1, 0.15) is 0 Å². The van der Waals surface area contributed by atoms with Crippen LogP contribution in [0.5, 0.6) is 0 Å². The third-order valence-electron chi connectivity index (χ3n) is 3.26. The Morgan fingerprint density at radius 1 is 1.21 bits per heavy atom. The molecule has 0 unspecified atom stereocenters. The smallest absolute Gasteiger partial charge is 0.191 e. The summed E-state index contributed by atoms with van der Waals surface area (Å²) in [6.07, 6.45) is 1.91. The van der Waals surface area contributed by atoms with Gasteiger partial charge in [-0.25, -0.2) is 9.98 Å². The number of rotatable bonds is 7. The van der Waals surface area contributed by atoms with Crippen LogP contribution in [0.1, 0.15) is 30.1 Å². The van der Waals surface area contributed by atoms with Crippen molar-refractivity contribution in [2.75, 3.05) is 13.1 Å². The molecule has 0 saturated carbocycles. The third kappa shape index (κ3) is 7.36. The number of aliphatic imine (C=N–C) groups is 1. The van der Waals surface area contributed by atoms with E-state index in [0.29, 0.717) is 6.54 Å². The van der Waals surface area contributed by atoms with E-state index >= 15 is 0 Å². The zero-order valence-corrected chi connectivity index (χ0v) is 17.9. The molecular formula is C17H24ClIN4S. The number of halogens is 2. The lowest BCUT2D eigenvalue weighted by Gasteiger charge is -2.11. The van der Waals surface area contributed by atoms with E-state index in [-0.39, 0.29) is 24.0 Å². The van der Waals surface area contributed by atoms with E-state index in [1.807, 2.05) is 12.1 Å². The van der Waals surface area contributed by atoms with Gasteiger partial charge in [0, 0.05) is 23.5 Å². The van der Waals surface area contributed by atoms with Crippen LogP contribution in [0, 0.1) is 0 Å². The topological polar surface area (TPSA) is 49.3 Å². The number of nitrogens with one attached hydrogen (secondary N) is 2. The molecule has 0 atom stereocenters. The normalized spacial score (nSPS) is 11.0. The first kappa shape index (κ1) is 21.2. The number of hydrogen-bond donors (Lipinski definition) is 2. The van der Waals surface area contributed by atoms with Crippen LogP contribution in [0.15, 0.2) is 34.6 Å². The Morgan fingerprint density at radius 3 is 2.58 bits per heavy atom. The fraction of sp³-hybridized carbons (Fsp3) is 0.412. The zero-order chi connectivity index (χ0) is 16.5. The van der Waals surface area contributed by atoms with Gasteiger partial charge in [-0.05, 0) is 37.5 Å². The van der Waals surface area contributed by atoms with E-state index in [4.69, 9.17) is 11.6 Å². The van der Waals surface area contributed by atoms with Crippen LogP contribution < -0.4 is 10.6 Å². The molecule has 2 rings (SSSR count). The van der Waals surface area contributed by atoms with Crippen molar-refractivity contribution in [1.82, 2.24) is 15.6 Å². The lowest BCUT2D eigenvalue weighted by Crippen LogP contribution is -2.38. The number of benzene rings is 1. The molecule has 7 heteroatoms. The van der Waals surface area contributed by atoms with Gasteiger partial charge in [0.25, 0.3) is 0 Å². The van der Waals surface area contributed by atoms with Crippen molar-refractivity contribution in [3.8, 4) is 0 Å². The molecule has 0 aliphatic rings. The van der Waals surface area contributed by atoms with Crippen molar-refractivity contribution in [3.63, 3.8) is 0 Å². The van der Waals surface area contributed by atoms with Gasteiger partial charge >= 0.3 is 0 Å². The second-order valence-electron chi connectivity index (χ2n) is 5.08. The minimum absolute atomic E-state index is 0. The highest BCUT2D eigenvalue weighted by Gasteiger charge is 2.01. The van der Waals surface area contributed by atoms with Gasteiger partial charge in [-0.2, -0.15) is 0 Å². The Morgan fingerprint density at radius 2 is 1.96 bits per heavy atom. The first-order chi connectivity index (χ1) is 11.2. The largest absolute Gasteiger partial charge is 0.357 e. The lowest BCUT2D eigenvalue weighted by atomic mass is 10.1. The number of nitrogens with zero attached hydrogens (tertiary/aromatic N) is 2. The summed E-state index contributed by atoms with van der Waals surface area (Å²) in [4.78, 5) is 9.13. The van der Waals surface area contributed by atoms with Crippen molar-refractivity contribution in [2.45, 2.75) is 33.2 Å². The average Bonchev–Trinajstić information content (AvgIpc) is 3.02. The predicted octanol–water partition coefficient (Wildman–Crippen LogP) is 4.27. The summed E-state index contributed by atoms with van der Waals surface area (Å²) in [5.41, 5.74) is 2.28. The van der Waals surface area contributed by atoms with Gasteiger partial charge in [-0.15, -0.1) is 35.3 Å². The Hall–Kier alpha value is -0.860. The number of hydrogen-bond acceptors (Lipinski definition) is 3. The van der Waals surface area contributed by atoms with E-state index < -0.39 is 0 Å². The highest BCUT2D eigenvalue weighted by Crippen LogP contribution is 2.11. The quantitative estimate of drug-likeness (QED) is 0.355. The summed E-state index contributed by atoms with van der Waals surface area (Å²) in [6, 6.07) is 7.94. The molecule has 2 aromatic rings. The summed E-state index contributed by atoms with van der Waals surface area (Å²) in [6.45, 7) is 6.45. The molecule has 0 bridgehead atoms. The molecule has 0 saturated heterocycles. The standard InChI is InChI=1S/C17H23ClN4S.HI/c1-3-16-22-15(12-23-16)11-21-17(19-4-2)20-10-9-13-5-7-14(18)8-6-13;/h5-8,12H,3-4,9-11H2,1-2H3,(H2,19,20,21);1H. The van der Waals surface area contributed by atoms with E-state index in [1.165, 1.54) is 5.56 Å². The van der Waals surface area contributed by atoms with E-state index in [2.05, 4.69) is 52.0 Å². The lowest BCUT2D eigenvalue weighted by molar-refractivity contribution is 0.797. The van der Waals surface area contributed by atoms with Gasteiger partial charge in [0.15, 0.2) is 5.96 Å². The molecule has 0 radical (unpaired) electrons. The highest BCUT2D eigenvalue weighted by atomic mass is 127. The molecule has 1 heterocycles. The summed E-state index contributed by atoms with van der Waals surface area (Å²) < 4.78 is 0. The van der Waals surface area contributed by atoms with Crippen LogP contribution in [-0.4, -0.2) is 24.0 Å². The van der Waals surface area contributed by atoms with E-state index in [1.54, 1.807) is 11.3 Å². The van der Waals surface area contributed by atoms with Crippen molar-refractivity contribution >= 4 is 52.9 Å². The third-order valence-corrected chi connectivity index (χ3v) is 4.56. The van der Waals surface area contributed by atoms with Crippen molar-refractivity contribution in [2.24, 2.45) is 4.99 Å². The summed E-state index contributed by atoms with van der Waals surface area (Å²) >= 11 is 7.60. The molecule has 2 N–H and O–H groups in total. The zero-order valence-electron chi connectivity index (χ0n) is 14.0. The van der Waals surface area contributed by atoms with Crippen molar-refractivity contribution in [1.29, 1.82) is 0 Å². The molecule has 0 fully saturated rings. The van der Waals surface area contributed by atoms with Crippen molar-refractivity contribution < 1.29 is 0 Å². The fourth-order valence-electron chi connectivity index (χ4n) is 2.06. The van der Waals surface area contributed by atoms with Gasteiger partial charge in [-0.3, -0.25) is 0 Å². The van der Waals surface area contributed by atoms with Gasteiger partial charge in [0.2, 0.25) is 0 Å². The van der Waals surface area contributed by atoms with Gasteiger partial charge in [-0.1, -0.05) is 30.7 Å². The molecule has 0 spiro atoms. The first-order valence-electron chi connectivity index (χ1n) is 7.91. The Kier molecular flexibility index (Phi) is 10.3. The number of aromatic nitrogens is 1. The Bertz CT molecular complexity index is 628. The highest BCUT2D eigenvalue weighted by molar-refractivity contribution is 14.0. The minimum atomic E-state index is 0. The van der Waals surface area contributed by atoms with Crippen LogP contribution in [0.3, 0.4) is 0 Å². The monoisotopic (exact) mass is 478 g/mol. The number of aryl methyl sites for hydroxylation is 1. The van der Waals surface area contributed by atoms with Crippen LogP contribution >= 0.6 is 46.9 Å². The van der Waals surface area contributed by atoms with Crippen molar-refractivity contribution in [3.05, 3.63) is 50.9 Å². The average molecular weight is 479 g/mol. The first-order valence-corrected chi connectivity index (χ1v) is 9.17. The number of guanidine groups is 1. The van der Waals surface area contributed by atoms with Crippen LogP contribution in [0.4, 0.5) is 0 Å². The SMILES string of the molecule is CCNC(=NCc1csc(CC)n1)NCCc1ccc(Cl)cc1.I. The second kappa shape index (κ2) is 11.7. The van der Waals surface area contributed by atoms with E-state index in [9.17, 15) is 0 Å². The molecule has 1 aromatic heterocycles. The van der Waals surface area contributed by atoms with Crippen LogP contribution in [-0.2, 0) is 19.4 Å². The molecule has 132 valence electrons. The summed E-state index contributed by atoms with van der Waals surface area (Å²) in [5.74, 6) is 0.826. The molecular weight excluding hydrogens is 455 g/mol. The Balaban J connectivity index is 0.00000288. The molecule has 24 heavy (non-hydrogen) atoms. The molecule has 1 aromatic carbocycles.